The molecule has 0 radical (unpaired) electrons. The van der Waals surface area contributed by atoms with Crippen LogP contribution in [0.15, 0.2) is 54.6 Å². The van der Waals surface area contributed by atoms with Gasteiger partial charge in [-0.3, -0.25) is 4.79 Å². The van der Waals surface area contributed by atoms with E-state index >= 15 is 0 Å². The van der Waals surface area contributed by atoms with Crippen molar-refractivity contribution in [2.45, 2.75) is 58.3 Å². The number of amides is 1. The third-order valence-corrected chi connectivity index (χ3v) is 6.44. The van der Waals surface area contributed by atoms with Gasteiger partial charge in [-0.2, -0.15) is 39.5 Å². The predicted octanol–water partition coefficient (Wildman–Crippen LogP) is 9.09. The summed E-state index contributed by atoms with van der Waals surface area (Å²) in [5, 5.41) is 0. The maximum Gasteiger partial charge on any atom is 0.416 e. The first kappa shape index (κ1) is 31.8. The van der Waals surface area contributed by atoms with Crippen LogP contribution in [-0.2, 0) is 36.4 Å². The molecule has 0 fully saturated rings. The molecule has 0 heterocycles. The maximum atomic E-state index is 13.7. The van der Waals surface area contributed by atoms with Gasteiger partial charge in [-0.25, -0.2) is 0 Å². The number of carbonyl (C=O) groups is 1. The fraction of sp³-hybridized carbons (Fsp3) is 0.345. The van der Waals surface area contributed by atoms with Gasteiger partial charge >= 0.3 is 18.5 Å². The number of methoxy groups -OCH3 is 1. The van der Waals surface area contributed by atoms with E-state index in [2.05, 4.69) is 0 Å². The van der Waals surface area contributed by atoms with Gasteiger partial charge < -0.3 is 9.64 Å². The highest BCUT2D eigenvalue weighted by atomic mass is 19.4. The highest BCUT2D eigenvalue weighted by molar-refractivity contribution is 5.77. The minimum Gasteiger partial charge on any atom is -0.496 e. The van der Waals surface area contributed by atoms with E-state index in [-0.39, 0.29) is 23.1 Å². The van der Waals surface area contributed by atoms with E-state index in [4.69, 9.17) is 4.74 Å². The molecule has 3 aromatic carbocycles. The lowest BCUT2D eigenvalue weighted by molar-refractivity contribution is -0.143. The minimum absolute atomic E-state index is 0.0303. The van der Waals surface area contributed by atoms with Crippen molar-refractivity contribution in [3.63, 3.8) is 0 Å². The second-order valence-electron chi connectivity index (χ2n) is 9.77. The molecule has 0 aliphatic rings. The van der Waals surface area contributed by atoms with Crippen LogP contribution in [0.25, 0.3) is 11.1 Å². The quantitative estimate of drug-likeness (QED) is 0.257. The molecule has 0 saturated carbocycles. The van der Waals surface area contributed by atoms with Crippen LogP contribution in [0.1, 0.15) is 60.1 Å². The van der Waals surface area contributed by atoms with Gasteiger partial charge in [0.15, 0.2) is 0 Å². The summed E-state index contributed by atoms with van der Waals surface area (Å²) in [5.41, 5.74) is -3.21. The second-order valence-corrected chi connectivity index (χ2v) is 9.77. The van der Waals surface area contributed by atoms with Crippen molar-refractivity contribution in [3.8, 4) is 16.9 Å². The first-order chi connectivity index (χ1) is 18.8. The Morgan fingerprint density at radius 2 is 1.29 bits per heavy atom. The lowest BCUT2D eigenvalue weighted by atomic mass is 9.92. The molecule has 0 saturated heterocycles. The van der Waals surface area contributed by atoms with Crippen LogP contribution < -0.4 is 4.74 Å². The number of carbonyl (C=O) groups excluding carboxylic acids is 1. The Balaban J connectivity index is 2.17. The van der Waals surface area contributed by atoms with E-state index in [0.717, 1.165) is 29.5 Å². The number of hydrogen-bond donors (Lipinski definition) is 0. The topological polar surface area (TPSA) is 29.5 Å². The molecule has 41 heavy (non-hydrogen) atoms. The SMILES string of the molecule is COc1ccc(C(C)C)cc1-c1ccc(C(F)(F)F)cc1CN(Cc1cc(C(F)(F)F)cc(C(F)(F)F)c1)C(C)=O. The Hall–Kier alpha value is -3.70. The highest BCUT2D eigenvalue weighted by Gasteiger charge is 2.37. The zero-order valence-corrected chi connectivity index (χ0v) is 22.4. The molecule has 0 aliphatic carbocycles. The standard InChI is InChI=1S/C29H26F9NO2/c1-16(2)19-5-8-26(41-4)25(12-19)24-7-6-21(27(30,31)32)11-20(24)15-39(17(3)40)14-18-9-22(28(33,34)35)13-23(10-18)29(36,37)38/h5-13,16H,14-15H2,1-4H3. The molecule has 0 N–H and O–H groups in total. The summed E-state index contributed by atoms with van der Waals surface area (Å²) < 4.78 is 127. The van der Waals surface area contributed by atoms with Gasteiger partial charge in [0.05, 0.1) is 23.8 Å². The molecule has 3 aromatic rings. The van der Waals surface area contributed by atoms with Crippen molar-refractivity contribution in [1.82, 2.24) is 4.90 Å². The van der Waals surface area contributed by atoms with Crippen molar-refractivity contribution >= 4 is 5.91 Å². The van der Waals surface area contributed by atoms with Crippen LogP contribution in [0, 0.1) is 0 Å². The molecular formula is C29H26F9NO2. The molecule has 0 unspecified atom stereocenters. The normalized spacial score (nSPS) is 12.5. The van der Waals surface area contributed by atoms with Crippen molar-refractivity contribution in [2.75, 3.05) is 7.11 Å². The molecule has 0 aliphatic heterocycles. The van der Waals surface area contributed by atoms with Gasteiger partial charge in [0, 0.05) is 25.6 Å². The molecular weight excluding hydrogens is 565 g/mol. The third kappa shape index (κ3) is 7.74. The number of alkyl halides is 9. The number of benzene rings is 3. The van der Waals surface area contributed by atoms with E-state index < -0.39 is 59.8 Å². The fourth-order valence-corrected chi connectivity index (χ4v) is 4.27. The lowest BCUT2D eigenvalue weighted by Crippen LogP contribution is -2.28. The van der Waals surface area contributed by atoms with Crippen LogP contribution in [0.4, 0.5) is 39.5 Å². The van der Waals surface area contributed by atoms with Gasteiger partial charge in [-0.15, -0.1) is 0 Å². The Morgan fingerprint density at radius 1 is 0.732 bits per heavy atom. The summed E-state index contributed by atoms with van der Waals surface area (Å²) >= 11 is 0. The van der Waals surface area contributed by atoms with Crippen LogP contribution in [0.3, 0.4) is 0 Å². The van der Waals surface area contributed by atoms with Gasteiger partial charge in [0.1, 0.15) is 5.75 Å². The number of ether oxygens (including phenoxy) is 1. The van der Waals surface area contributed by atoms with E-state index in [9.17, 15) is 44.3 Å². The van der Waals surface area contributed by atoms with E-state index in [0.29, 0.717) is 23.4 Å². The van der Waals surface area contributed by atoms with Gasteiger partial charge in [0.25, 0.3) is 0 Å². The molecule has 0 spiro atoms. The number of nitrogens with zero attached hydrogens (tertiary/aromatic N) is 1. The van der Waals surface area contributed by atoms with Crippen LogP contribution in [-0.4, -0.2) is 17.9 Å². The van der Waals surface area contributed by atoms with Crippen LogP contribution in [0.2, 0.25) is 0 Å². The van der Waals surface area contributed by atoms with Crippen LogP contribution in [0.5, 0.6) is 5.75 Å². The summed E-state index contributed by atoms with van der Waals surface area (Å²) in [6, 6.07) is 8.91. The van der Waals surface area contributed by atoms with E-state index in [1.54, 1.807) is 18.2 Å². The molecule has 0 bridgehead atoms. The smallest absolute Gasteiger partial charge is 0.416 e. The van der Waals surface area contributed by atoms with E-state index in [1.807, 2.05) is 13.8 Å². The number of rotatable bonds is 7. The summed E-state index contributed by atoms with van der Waals surface area (Å²) in [7, 11) is 1.37. The predicted molar refractivity (Wildman–Crippen MR) is 134 cm³/mol. The zero-order chi connectivity index (χ0) is 30.9. The average molecular weight is 592 g/mol. The number of halogens is 9. The van der Waals surface area contributed by atoms with Crippen molar-refractivity contribution in [1.29, 1.82) is 0 Å². The van der Waals surface area contributed by atoms with Crippen LogP contribution >= 0.6 is 0 Å². The largest absolute Gasteiger partial charge is 0.496 e. The Labute approximate surface area is 230 Å². The summed E-state index contributed by atoms with van der Waals surface area (Å²) in [6.45, 7) is 3.57. The molecule has 3 rings (SSSR count). The molecule has 12 heteroatoms. The first-order valence-electron chi connectivity index (χ1n) is 12.2. The molecule has 0 aromatic heterocycles. The zero-order valence-electron chi connectivity index (χ0n) is 22.4. The van der Waals surface area contributed by atoms with Gasteiger partial charge in [0.2, 0.25) is 5.91 Å². The Bertz CT molecular complexity index is 1370. The summed E-state index contributed by atoms with van der Waals surface area (Å²) in [6.07, 6.45) is -15.0. The highest BCUT2D eigenvalue weighted by Crippen LogP contribution is 2.40. The maximum absolute atomic E-state index is 13.7. The van der Waals surface area contributed by atoms with E-state index in [1.165, 1.54) is 13.2 Å². The lowest BCUT2D eigenvalue weighted by Gasteiger charge is -2.25. The third-order valence-electron chi connectivity index (χ3n) is 6.44. The molecule has 3 nitrogen and oxygen atoms in total. The summed E-state index contributed by atoms with van der Waals surface area (Å²) in [5.74, 6) is -0.422. The van der Waals surface area contributed by atoms with Gasteiger partial charge in [-0.05, 0) is 70.6 Å². The first-order valence-corrected chi connectivity index (χ1v) is 12.2. The monoisotopic (exact) mass is 591 g/mol. The second kappa shape index (κ2) is 11.7. The Morgan fingerprint density at radius 3 is 1.76 bits per heavy atom. The molecule has 1 amide bonds. The average Bonchev–Trinajstić information content (AvgIpc) is 2.86. The summed E-state index contributed by atoms with van der Waals surface area (Å²) in [4.78, 5) is 13.4. The van der Waals surface area contributed by atoms with Crippen molar-refractivity contribution in [3.05, 3.63) is 88.0 Å². The minimum atomic E-state index is -5.11. The number of hydrogen-bond acceptors (Lipinski definition) is 2. The van der Waals surface area contributed by atoms with Crippen molar-refractivity contribution in [2.24, 2.45) is 0 Å². The molecule has 222 valence electrons. The fourth-order valence-electron chi connectivity index (χ4n) is 4.27. The Kier molecular flexibility index (Phi) is 9.05. The van der Waals surface area contributed by atoms with Gasteiger partial charge in [-0.1, -0.05) is 26.0 Å². The molecule has 0 atom stereocenters. The van der Waals surface area contributed by atoms with Crippen molar-refractivity contribution < 1.29 is 49.0 Å².